The molecule has 3 aromatic carbocycles. The summed E-state index contributed by atoms with van der Waals surface area (Å²) in [6, 6.07) is 31.1. The Balaban J connectivity index is 1.29. The largest absolute Gasteiger partial charge is 0.353 e. The molecule has 1 aliphatic carbocycles. The van der Waals surface area contributed by atoms with Gasteiger partial charge in [-0.2, -0.15) is 0 Å². The van der Waals surface area contributed by atoms with Gasteiger partial charge < -0.3 is 10.2 Å². The first kappa shape index (κ1) is 27.6. The molecule has 0 spiro atoms. The lowest BCUT2D eigenvalue weighted by Crippen LogP contribution is -2.48. The lowest BCUT2D eigenvalue weighted by molar-refractivity contribution is -0.134. The number of carbonyl (C=O) groups is 2. The zero-order valence-electron chi connectivity index (χ0n) is 22.8. The van der Waals surface area contributed by atoms with Gasteiger partial charge in [0.2, 0.25) is 11.8 Å². The minimum absolute atomic E-state index is 0.00907. The van der Waals surface area contributed by atoms with Crippen molar-refractivity contribution in [1.29, 1.82) is 0 Å². The normalized spacial score (nSPS) is 19.2. The van der Waals surface area contributed by atoms with Crippen LogP contribution in [0.3, 0.4) is 0 Å². The number of amides is 2. The van der Waals surface area contributed by atoms with E-state index in [1.165, 1.54) is 11.1 Å². The fourth-order valence-corrected chi connectivity index (χ4v) is 5.67. The summed E-state index contributed by atoms with van der Waals surface area (Å²) in [5.74, 6) is 0.00224. The van der Waals surface area contributed by atoms with Gasteiger partial charge in [-0.25, -0.2) is 0 Å². The van der Waals surface area contributed by atoms with E-state index in [4.69, 9.17) is 0 Å². The van der Waals surface area contributed by atoms with Crippen LogP contribution in [-0.2, 0) is 28.1 Å². The van der Waals surface area contributed by atoms with E-state index in [0.29, 0.717) is 13.1 Å². The van der Waals surface area contributed by atoms with Gasteiger partial charge in [-0.05, 0) is 62.9 Å². The van der Waals surface area contributed by atoms with Crippen LogP contribution in [0.4, 0.5) is 0 Å². The van der Waals surface area contributed by atoms with Crippen LogP contribution < -0.4 is 5.32 Å². The second kappa shape index (κ2) is 13.4. The predicted molar refractivity (Wildman–Crippen MR) is 153 cm³/mol. The average molecular weight is 512 g/mol. The van der Waals surface area contributed by atoms with Gasteiger partial charge in [-0.3, -0.25) is 14.5 Å². The monoisotopic (exact) mass is 511 g/mol. The van der Waals surface area contributed by atoms with Crippen LogP contribution in [0.15, 0.2) is 91.0 Å². The quantitative estimate of drug-likeness (QED) is 0.367. The zero-order chi connectivity index (χ0) is 26.8. The van der Waals surface area contributed by atoms with Crippen molar-refractivity contribution in [1.82, 2.24) is 15.1 Å². The van der Waals surface area contributed by atoms with Gasteiger partial charge in [0, 0.05) is 37.5 Å². The number of hydrogen-bond acceptors (Lipinski definition) is 3. The summed E-state index contributed by atoms with van der Waals surface area (Å²) in [6.45, 7) is 1.19. The van der Waals surface area contributed by atoms with Gasteiger partial charge in [0.25, 0.3) is 0 Å². The van der Waals surface area contributed by atoms with E-state index in [-0.39, 0.29) is 36.2 Å². The molecule has 5 nitrogen and oxygen atoms in total. The van der Waals surface area contributed by atoms with Crippen LogP contribution in [0.25, 0.3) is 0 Å². The van der Waals surface area contributed by atoms with E-state index in [0.717, 1.165) is 37.7 Å². The molecule has 38 heavy (non-hydrogen) atoms. The van der Waals surface area contributed by atoms with Crippen LogP contribution >= 0.6 is 0 Å². The highest BCUT2D eigenvalue weighted by Gasteiger charge is 2.38. The number of benzene rings is 3. The molecular weight excluding hydrogens is 470 g/mol. The zero-order valence-corrected chi connectivity index (χ0v) is 22.8. The molecule has 0 atom stereocenters. The first-order valence-corrected chi connectivity index (χ1v) is 13.8. The lowest BCUT2D eigenvalue weighted by atomic mass is 9.74. The Labute approximate surface area is 227 Å². The van der Waals surface area contributed by atoms with Crippen molar-refractivity contribution in [2.45, 2.75) is 63.1 Å². The Morgan fingerprint density at radius 1 is 0.789 bits per heavy atom. The van der Waals surface area contributed by atoms with Crippen molar-refractivity contribution in [2.75, 3.05) is 20.6 Å². The first-order valence-electron chi connectivity index (χ1n) is 13.8. The maximum Gasteiger partial charge on any atom is 0.223 e. The lowest BCUT2D eigenvalue weighted by Gasteiger charge is -2.45. The molecule has 200 valence electrons. The summed E-state index contributed by atoms with van der Waals surface area (Å²) >= 11 is 0. The topological polar surface area (TPSA) is 52.7 Å². The maximum absolute atomic E-state index is 13.2. The third kappa shape index (κ3) is 7.32. The highest BCUT2D eigenvalue weighted by atomic mass is 16.2. The van der Waals surface area contributed by atoms with Gasteiger partial charge in [0.15, 0.2) is 0 Å². The summed E-state index contributed by atoms with van der Waals surface area (Å²) < 4.78 is 0. The summed E-state index contributed by atoms with van der Waals surface area (Å²) in [5.41, 5.74) is 3.66. The van der Waals surface area contributed by atoms with Crippen LogP contribution in [0.1, 0.15) is 55.2 Å². The van der Waals surface area contributed by atoms with Crippen molar-refractivity contribution < 1.29 is 9.59 Å². The van der Waals surface area contributed by atoms with Gasteiger partial charge in [-0.15, -0.1) is 0 Å². The molecule has 5 heteroatoms. The molecule has 1 saturated carbocycles. The molecule has 1 aliphatic rings. The second-order valence-corrected chi connectivity index (χ2v) is 10.7. The van der Waals surface area contributed by atoms with E-state index in [1.54, 1.807) is 0 Å². The number of carbonyl (C=O) groups excluding carboxylic acids is 2. The van der Waals surface area contributed by atoms with E-state index >= 15 is 0 Å². The fraction of sp³-hybridized carbons (Fsp3) is 0.394. The Morgan fingerprint density at radius 3 is 1.92 bits per heavy atom. The molecule has 0 unspecified atom stereocenters. The number of hydrogen-bond donors (Lipinski definition) is 1. The molecule has 0 saturated heterocycles. The Morgan fingerprint density at radius 2 is 1.34 bits per heavy atom. The number of nitrogens with zero attached hydrogens (tertiary/aromatic N) is 2. The standard InChI is InChI=1S/C33H41N3O2/c1-35(2)33(29-16-10-5-11-17-29)23-20-30(21-24-33)34-31(37)18-19-32(38)36(26-28-14-8-4-9-15-28)25-22-27-12-6-3-7-13-27/h3-17,30H,18-26H2,1-2H3,(H,34,37). The summed E-state index contributed by atoms with van der Waals surface area (Å²) in [5, 5.41) is 3.22. The highest BCUT2D eigenvalue weighted by Crippen LogP contribution is 2.41. The molecule has 0 aromatic heterocycles. The molecule has 0 bridgehead atoms. The highest BCUT2D eigenvalue weighted by molar-refractivity contribution is 5.84. The second-order valence-electron chi connectivity index (χ2n) is 10.7. The Hall–Kier alpha value is -3.44. The third-order valence-corrected chi connectivity index (χ3v) is 7.99. The van der Waals surface area contributed by atoms with Crippen LogP contribution in [0, 0.1) is 0 Å². The van der Waals surface area contributed by atoms with E-state index < -0.39 is 0 Å². The van der Waals surface area contributed by atoms with Crippen LogP contribution in [0.5, 0.6) is 0 Å². The van der Waals surface area contributed by atoms with E-state index in [9.17, 15) is 9.59 Å². The van der Waals surface area contributed by atoms with E-state index in [1.807, 2.05) is 53.4 Å². The van der Waals surface area contributed by atoms with Crippen molar-refractivity contribution in [3.8, 4) is 0 Å². The van der Waals surface area contributed by atoms with Crippen molar-refractivity contribution in [3.05, 3.63) is 108 Å². The van der Waals surface area contributed by atoms with Crippen molar-refractivity contribution >= 4 is 11.8 Å². The molecule has 0 radical (unpaired) electrons. The molecule has 3 aromatic rings. The Bertz CT molecular complexity index is 1140. The van der Waals surface area contributed by atoms with Gasteiger partial charge in [-0.1, -0.05) is 91.0 Å². The van der Waals surface area contributed by atoms with Crippen molar-refractivity contribution in [3.63, 3.8) is 0 Å². The summed E-state index contributed by atoms with van der Waals surface area (Å²) in [7, 11) is 4.30. The van der Waals surface area contributed by atoms with Crippen LogP contribution in [-0.4, -0.2) is 48.3 Å². The predicted octanol–water partition coefficient (Wildman–Crippen LogP) is 5.55. The summed E-state index contributed by atoms with van der Waals surface area (Å²) in [4.78, 5) is 30.3. The minimum atomic E-state index is -0.0249. The minimum Gasteiger partial charge on any atom is -0.353 e. The van der Waals surface area contributed by atoms with Crippen molar-refractivity contribution in [2.24, 2.45) is 0 Å². The molecule has 1 fully saturated rings. The van der Waals surface area contributed by atoms with Crippen LogP contribution in [0.2, 0.25) is 0 Å². The molecule has 0 aliphatic heterocycles. The summed E-state index contributed by atoms with van der Waals surface area (Å²) in [6.07, 6.45) is 5.11. The van der Waals surface area contributed by atoms with E-state index in [2.05, 4.69) is 66.8 Å². The molecule has 1 N–H and O–H groups in total. The SMILES string of the molecule is CN(C)C1(c2ccccc2)CCC(NC(=O)CCC(=O)N(CCc2ccccc2)Cc2ccccc2)CC1. The van der Waals surface area contributed by atoms with Gasteiger partial charge >= 0.3 is 0 Å². The van der Waals surface area contributed by atoms with Gasteiger partial charge in [0.1, 0.15) is 0 Å². The van der Waals surface area contributed by atoms with Gasteiger partial charge in [0.05, 0.1) is 0 Å². The molecular formula is C33H41N3O2. The smallest absolute Gasteiger partial charge is 0.223 e. The first-order chi connectivity index (χ1) is 18.5. The molecule has 0 heterocycles. The number of rotatable bonds is 11. The maximum atomic E-state index is 13.2. The molecule has 4 rings (SSSR count). The third-order valence-electron chi connectivity index (χ3n) is 7.99. The fourth-order valence-electron chi connectivity index (χ4n) is 5.67. The Kier molecular flexibility index (Phi) is 9.72. The molecule has 2 amide bonds. The average Bonchev–Trinajstić information content (AvgIpc) is 2.96. The number of nitrogens with one attached hydrogen (secondary N) is 1.